The Morgan fingerprint density at radius 2 is 1.75 bits per heavy atom. The number of piperidine rings is 1. The van der Waals surface area contributed by atoms with E-state index in [-0.39, 0.29) is 17.6 Å². The molecule has 6 heteroatoms. The Morgan fingerprint density at radius 3 is 2.29 bits per heavy atom. The number of sulfonamides is 1. The Morgan fingerprint density at radius 1 is 1.12 bits per heavy atom. The van der Waals surface area contributed by atoms with Gasteiger partial charge in [-0.2, -0.15) is 0 Å². The summed E-state index contributed by atoms with van der Waals surface area (Å²) in [7, 11) is -3.13. The summed E-state index contributed by atoms with van der Waals surface area (Å²) in [6, 6.07) is 10.5. The summed E-state index contributed by atoms with van der Waals surface area (Å²) < 4.78 is 25.4. The molecule has 0 aromatic heterocycles. The SMILES string of the molecule is CCS(=O)(=O)N1CCC(C(=O)N(Cc2ccccc2)C2CC2)CC1. The molecule has 24 heavy (non-hydrogen) atoms. The van der Waals surface area contributed by atoms with Crippen molar-refractivity contribution in [2.24, 2.45) is 5.92 Å². The van der Waals surface area contributed by atoms with E-state index in [1.165, 1.54) is 4.31 Å². The molecule has 1 saturated carbocycles. The first-order valence-electron chi connectivity index (χ1n) is 8.83. The molecule has 0 radical (unpaired) electrons. The van der Waals surface area contributed by atoms with Gasteiger partial charge in [0.05, 0.1) is 5.75 Å². The topological polar surface area (TPSA) is 57.7 Å². The number of benzene rings is 1. The fourth-order valence-electron chi connectivity index (χ4n) is 3.35. The van der Waals surface area contributed by atoms with E-state index in [4.69, 9.17) is 0 Å². The van der Waals surface area contributed by atoms with E-state index in [2.05, 4.69) is 12.1 Å². The highest BCUT2D eigenvalue weighted by Crippen LogP contribution is 2.32. The molecule has 5 nitrogen and oxygen atoms in total. The van der Waals surface area contributed by atoms with Gasteiger partial charge in [-0.25, -0.2) is 12.7 Å². The van der Waals surface area contributed by atoms with Crippen molar-refractivity contribution in [3.63, 3.8) is 0 Å². The normalized spacial score (nSPS) is 20.0. The minimum absolute atomic E-state index is 0.0439. The second kappa shape index (κ2) is 7.23. The quantitative estimate of drug-likeness (QED) is 0.791. The average Bonchev–Trinajstić information content (AvgIpc) is 3.45. The third kappa shape index (κ3) is 3.98. The summed E-state index contributed by atoms with van der Waals surface area (Å²) in [5.41, 5.74) is 1.16. The zero-order valence-corrected chi connectivity index (χ0v) is 15.0. The number of carbonyl (C=O) groups is 1. The van der Waals surface area contributed by atoms with Crippen molar-refractivity contribution in [3.05, 3.63) is 35.9 Å². The molecule has 1 aromatic rings. The van der Waals surface area contributed by atoms with Crippen LogP contribution in [0, 0.1) is 5.92 Å². The lowest BCUT2D eigenvalue weighted by Crippen LogP contribution is -2.45. The predicted molar refractivity (Wildman–Crippen MR) is 93.8 cm³/mol. The molecule has 3 rings (SSSR count). The molecule has 0 unspecified atom stereocenters. The summed E-state index contributed by atoms with van der Waals surface area (Å²) in [5.74, 6) is 0.292. The molecule has 2 fully saturated rings. The van der Waals surface area contributed by atoms with Gasteiger partial charge in [0.2, 0.25) is 15.9 Å². The van der Waals surface area contributed by atoms with Crippen LogP contribution in [-0.4, -0.2) is 48.4 Å². The average molecular weight is 350 g/mol. The molecule has 1 amide bonds. The van der Waals surface area contributed by atoms with Gasteiger partial charge in [0.1, 0.15) is 0 Å². The number of hydrogen-bond acceptors (Lipinski definition) is 3. The molecule has 1 aromatic carbocycles. The Balaban J connectivity index is 1.62. The van der Waals surface area contributed by atoms with Crippen LogP contribution in [0.1, 0.15) is 38.2 Å². The first-order valence-corrected chi connectivity index (χ1v) is 10.4. The first kappa shape index (κ1) is 17.4. The lowest BCUT2D eigenvalue weighted by Gasteiger charge is -2.33. The number of hydrogen-bond donors (Lipinski definition) is 0. The minimum atomic E-state index is -3.13. The molecule has 0 atom stereocenters. The van der Waals surface area contributed by atoms with Gasteiger partial charge in [-0.15, -0.1) is 0 Å². The Bertz CT molecular complexity index is 663. The smallest absolute Gasteiger partial charge is 0.226 e. The van der Waals surface area contributed by atoms with Crippen LogP contribution in [0.5, 0.6) is 0 Å². The van der Waals surface area contributed by atoms with Gasteiger partial charge in [-0.05, 0) is 38.2 Å². The van der Waals surface area contributed by atoms with E-state index in [1.54, 1.807) is 6.92 Å². The van der Waals surface area contributed by atoms with Gasteiger partial charge in [0.15, 0.2) is 0 Å². The van der Waals surface area contributed by atoms with Crippen LogP contribution >= 0.6 is 0 Å². The predicted octanol–water partition coefficient (Wildman–Crippen LogP) is 2.24. The Labute approximate surface area is 144 Å². The van der Waals surface area contributed by atoms with Gasteiger partial charge in [0, 0.05) is 31.6 Å². The Hall–Kier alpha value is -1.40. The summed E-state index contributed by atoms with van der Waals surface area (Å²) in [6.45, 7) is 3.27. The van der Waals surface area contributed by atoms with E-state index >= 15 is 0 Å². The molecule has 0 N–H and O–H groups in total. The molecular weight excluding hydrogens is 324 g/mol. The second-order valence-electron chi connectivity index (χ2n) is 6.76. The van der Waals surface area contributed by atoms with Crippen LogP contribution in [0.3, 0.4) is 0 Å². The molecular formula is C18H26N2O3S. The highest BCUT2D eigenvalue weighted by molar-refractivity contribution is 7.89. The Kier molecular flexibility index (Phi) is 5.25. The van der Waals surface area contributed by atoms with Gasteiger partial charge < -0.3 is 4.90 Å². The van der Waals surface area contributed by atoms with E-state index < -0.39 is 10.0 Å². The number of nitrogens with zero attached hydrogens (tertiary/aromatic N) is 2. The van der Waals surface area contributed by atoms with Crippen LogP contribution in [-0.2, 0) is 21.4 Å². The number of carbonyl (C=O) groups excluding carboxylic acids is 1. The van der Waals surface area contributed by atoms with Crippen LogP contribution in [0.2, 0.25) is 0 Å². The van der Waals surface area contributed by atoms with E-state index in [9.17, 15) is 13.2 Å². The summed E-state index contributed by atoms with van der Waals surface area (Å²) in [4.78, 5) is 15.0. The maximum atomic E-state index is 13.0. The molecule has 132 valence electrons. The third-order valence-corrected chi connectivity index (χ3v) is 6.91. The van der Waals surface area contributed by atoms with Crippen molar-refractivity contribution in [2.45, 2.75) is 45.2 Å². The van der Waals surface area contributed by atoms with E-state index in [1.807, 2.05) is 23.1 Å². The van der Waals surface area contributed by atoms with Crippen molar-refractivity contribution in [1.29, 1.82) is 0 Å². The fraction of sp³-hybridized carbons (Fsp3) is 0.611. The zero-order valence-electron chi connectivity index (χ0n) is 14.2. The molecule has 1 heterocycles. The van der Waals surface area contributed by atoms with Gasteiger partial charge in [-0.3, -0.25) is 4.79 Å². The van der Waals surface area contributed by atoms with Crippen molar-refractivity contribution in [2.75, 3.05) is 18.8 Å². The molecule has 0 bridgehead atoms. The lowest BCUT2D eigenvalue weighted by atomic mass is 9.96. The lowest BCUT2D eigenvalue weighted by molar-refractivity contribution is -0.138. The second-order valence-corrected chi connectivity index (χ2v) is 9.01. The zero-order chi connectivity index (χ0) is 17.2. The minimum Gasteiger partial charge on any atom is -0.335 e. The van der Waals surface area contributed by atoms with Crippen molar-refractivity contribution in [3.8, 4) is 0 Å². The van der Waals surface area contributed by atoms with Crippen LogP contribution in [0.4, 0.5) is 0 Å². The highest BCUT2D eigenvalue weighted by Gasteiger charge is 2.38. The third-order valence-electron chi connectivity index (χ3n) is 5.03. The summed E-state index contributed by atoms with van der Waals surface area (Å²) >= 11 is 0. The molecule has 1 aliphatic carbocycles. The van der Waals surface area contributed by atoms with Crippen LogP contribution in [0.25, 0.3) is 0 Å². The highest BCUT2D eigenvalue weighted by atomic mass is 32.2. The summed E-state index contributed by atoms with van der Waals surface area (Å²) in [6.07, 6.45) is 3.44. The van der Waals surface area contributed by atoms with Crippen LogP contribution < -0.4 is 0 Å². The number of rotatable bonds is 6. The van der Waals surface area contributed by atoms with Crippen molar-refractivity contribution in [1.82, 2.24) is 9.21 Å². The maximum absolute atomic E-state index is 13.0. The van der Waals surface area contributed by atoms with E-state index in [0.717, 1.165) is 18.4 Å². The maximum Gasteiger partial charge on any atom is 0.226 e. The molecule has 1 aliphatic heterocycles. The standard InChI is InChI=1S/C18H26N2O3S/c1-2-24(22,23)19-12-10-16(11-13-19)18(21)20(17-8-9-17)14-15-6-4-3-5-7-15/h3-7,16-17H,2,8-14H2,1H3. The van der Waals surface area contributed by atoms with E-state index in [0.29, 0.717) is 38.5 Å². The fourth-order valence-corrected chi connectivity index (χ4v) is 4.48. The molecule has 0 spiro atoms. The molecule has 2 aliphatic rings. The van der Waals surface area contributed by atoms with Gasteiger partial charge >= 0.3 is 0 Å². The van der Waals surface area contributed by atoms with Crippen molar-refractivity contribution < 1.29 is 13.2 Å². The summed E-state index contributed by atoms with van der Waals surface area (Å²) in [5, 5.41) is 0. The largest absolute Gasteiger partial charge is 0.335 e. The van der Waals surface area contributed by atoms with Crippen molar-refractivity contribution >= 4 is 15.9 Å². The van der Waals surface area contributed by atoms with Gasteiger partial charge in [0.25, 0.3) is 0 Å². The first-order chi connectivity index (χ1) is 11.5. The monoisotopic (exact) mass is 350 g/mol. The molecule has 1 saturated heterocycles. The van der Waals surface area contributed by atoms with Gasteiger partial charge in [-0.1, -0.05) is 30.3 Å². The van der Waals surface area contributed by atoms with Crippen LogP contribution in [0.15, 0.2) is 30.3 Å². The number of amides is 1.